The van der Waals surface area contributed by atoms with E-state index in [4.69, 9.17) is 4.52 Å². The zero-order chi connectivity index (χ0) is 18.4. The van der Waals surface area contributed by atoms with E-state index in [1.165, 1.54) is 5.56 Å². The van der Waals surface area contributed by atoms with Crippen LogP contribution in [0.5, 0.6) is 0 Å². The molecule has 7 heteroatoms. The molecule has 2 heterocycles. The smallest absolute Gasteiger partial charge is 0.255 e. The van der Waals surface area contributed by atoms with E-state index >= 15 is 0 Å². The number of carbonyl (C=O) groups is 1. The molecule has 1 aliphatic heterocycles. The number of nitrogens with zero attached hydrogens (tertiary/aromatic N) is 3. The Kier molecular flexibility index (Phi) is 6.00. The first-order valence-corrected chi connectivity index (χ1v) is 9.12. The number of hydrogen-bond acceptors (Lipinski definition) is 6. The molecule has 0 radical (unpaired) electrons. The quantitative estimate of drug-likeness (QED) is 0.742. The van der Waals surface area contributed by atoms with Gasteiger partial charge in [-0.25, -0.2) is 0 Å². The number of likely N-dealkylation sites (tertiary alicyclic amines) is 1. The van der Waals surface area contributed by atoms with Gasteiger partial charge >= 0.3 is 0 Å². The highest BCUT2D eigenvalue weighted by Crippen LogP contribution is 2.22. The maximum absolute atomic E-state index is 12.7. The Labute approximate surface area is 153 Å². The second kappa shape index (κ2) is 8.42. The Balaban J connectivity index is 1.47. The van der Waals surface area contributed by atoms with Gasteiger partial charge in [-0.3, -0.25) is 4.79 Å². The monoisotopic (exact) mass is 358 g/mol. The summed E-state index contributed by atoms with van der Waals surface area (Å²) in [5, 5.41) is 17.7. The van der Waals surface area contributed by atoms with E-state index in [1.54, 1.807) is 11.8 Å². The Morgan fingerprint density at radius 3 is 2.88 bits per heavy atom. The summed E-state index contributed by atoms with van der Waals surface area (Å²) in [6, 6.07) is 10.2. The Bertz CT molecular complexity index is 719. The van der Waals surface area contributed by atoms with Crippen molar-refractivity contribution in [2.45, 2.75) is 44.8 Å². The highest BCUT2D eigenvalue weighted by Gasteiger charge is 2.41. The van der Waals surface area contributed by atoms with Crippen molar-refractivity contribution in [2.75, 3.05) is 19.6 Å². The summed E-state index contributed by atoms with van der Waals surface area (Å²) in [7, 11) is 0. The predicted octanol–water partition coefficient (Wildman–Crippen LogP) is 1.45. The zero-order valence-corrected chi connectivity index (χ0v) is 15.1. The van der Waals surface area contributed by atoms with Crippen LogP contribution < -0.4 is 5.32 Å². The van der Waals surface area contributed by atoms with Gasteiger partial charge in [0.05, 0.1) is 6.54 Å². The van der Waals surface area contributed by atoms with Crippen molar-refractivity contribution in [1.29, 1.82) is 0 Å². The van der Waals surface area contributed by atoms with Crippen LogP contribution in [0.1, 0.15) is 36.5 Å². The van der Waals surface area contributed by atoms with E-state index in [1.807, 2.05) is 18.2 Å². The molecule has 0 spiro atoms. The van der Waals surface area contributed by atoms with Crippen molar-refractivity contribution in [3.8, 4) is 0 Å². The second-order valence-electron chi connectivity index (χ2n) is 6.85. The van der Waals surface area contributed by atoms with Gasteiger partial charge in [0.2, 0.25) is 5.89 Å². The molecule has 0 saturated carbocycles. The van der Waals surface area contributed by atoms with Crippen LogP contribution in [0.2, 0.25) is 0 Å². The molecule has 2 aromatic rings. The first-order chi connectivity index (χ1) is 12.6. The molecule has 1 aromatic carbocycles. The molecule has 1 aliphatic rings. The number of aromatic nitrogens is 2. The Morgan fingerprint density at radius 1 is 1.35 bits per heavy atom. The minimum Gasteiger partial charge on any atom is -0.379 e. The molecule has 1 fully saturated rings. The number of aliphatic hydroxyl groups is 1. The number of carbonyl (C=O) groups excluding carboxylic acids is 1. The zero-order valence-electron chi connectivity index (χ0n) is 15.1. The van der Waals surface area contributed by atoms with Crippen molar-refractivity contribution in [1.82, 2.24) is 20.4 Å². The van der Waals surface area contributed by atoms with E-state index < -0.39 is 5.60 Å². The van der Waals surface area contributed by atoms with Crippen molar-refractivity contribution < 1.29 is 14.4 Å². The van der Waals surface area contributed by atoms with Crippen LogP contribution in [-0.4, -0.2) is 51.3 Å². The summed E-state index contributed by atoms with van der Waals surface area (Å²) >= 11 is 0. The van der Waals surface area contributed by atoms with Crippen molar-refractivity contribution in [2.24, 2.45) is 0 Å². The molecule has 1 aromatic heterocycles. The number of nitrogens with one attached hydrogen (secondary N) is 1. The van der Waals surface area contributed by atoms with Crippen LogP contribution in [-0.2, 0) is 17.8 Å². The topological polar surface area (TPSA) is 91.5 Å². The summed E-state index contributed by atoms with van der Waals surface area (Å²) in [5.41, 5.74) is -0.0895. The third kappa shape index (κ3) is 4.68. The maximum atomic E-state index is 12.7. The average molecular weight is 358 g/mol. The summed E-state index contributed by atoms with van der Waals surface area (Å²) in [5.74, 6) is 0.835. The van der Waals surface area contributed by atoms with Gasteiger partial charge in [0, 0.05) is 26.6 Å². The average Bonchev–Trinajstić information content (AvgIpc) is 3.05. The lowest BCUT2D eigenvalue weighted by atomic mass is 9.91. The molecular weight excluding hydrogens is 332 g/mol. The van der Waals surface area contributed by atoms with Crippen molar-refractivity contribution in [3.05, 3.63) is 47.6 Å². The third-order valence-electron chi connectivity index (χ3n) is 4.71. The molecule has 3 rings (SSSR count). The van der Waals surface area contributed by atoms with Crippen LogP contribution in [0, 0.1) is 6.92 Å². The standard InChI is InChI=1S/C19H26N4O3/c1-15-21-17(22-26-15)13-20-14-19(25)10-6-12-23(18(19)24)11-5-9-16-7-3-2-4-8-16/h2-4,7-8,20,25H,5-6,9-14H2,1H3/t19-/m0/s1. The van der Waals surface area contributed by atoms with Crippen LogP contribution in [0.25, 0.3) is 0 Å². The molecule has 0 unspecified atom stereocenters. The normalized spacial score (nSPS) is 20.5. The largest absolute Gasteiger partial charge is 0.379 e. The van der Waals surface area contributed by atoms with Gasteiger partial charge in [-0.1, -0.05) is 35.5 Å². The number of rotatable bonds is 8. The third-order valence-corrected chi connectivity index (χ3v) is 4.71. The van der Waals surface area contributed by atoms with Gasteiger partial charge in [-0.15, -0.1) is 0 Å². The highest BCUT2D eigenvalue weighted by atomic mass is 16.5. The fourth-order valence-corrected chi connectivity index (χ4v) is 3.36. The number of benzene rings is 1. The number of hydrogen-bond donors (Lipinski definition) is 2. The van der Waals surface area contributed by atoms with Crippen LogP contribution in [0.15, 0.2) is 34.9 Å². The molecule has 0 bridgehead atoms. The second-order valence-corrected chi connectivity index (χ2v) is 6.85. The predicted molar refractivity (Wildman–Crippen MR) is 96.3 cm³/mol. The lowest BCUT2D eigenvalue weighted by Crippen LogP contribution is -2.58. The van der Waals surface area contributed by atoms with Gasteiger partial charge < -0.3 is 19.8 Å². The maximum Gasteiger partial charge on any atom is 0.255 e. The van der Waals surface area contributed by atoms with Gasteiger partial charge in [0.1, 0.15) is 0 Å². The van der Waals surface area contributed by atoms with E-state index in [-0.39, 0.29) is 12.5 Å². The SMILES string of the molecule is Cc1nc(CNC[C@@]2(O)CCCN(CCCc3ccccc3)C2=O)no1. The number of amides is 1. The highest BCUT2D eigenvalue weighted by molar-refractivity contribution is 5.86. The molecule has 26 heavy (non-hydrogen) atoms. The minimum absolute atomic E-state index is 0.186. The molecule has 0 aliphatic carbocycles. The fourth-order valence-electron chi connectivity index (χ4n) is 3.36. The molecule has 7 nitrogen and oxygen atoms in total. The summed E-state index contributed by atoms with van der Waals surface area (Å²) in [4.78, 5) is 18.6. The van der Waals surface area contributed by atoms with E-state index in [0.29, 0.717) is 37.8 Å². The van der Waals surface area contributed by atoms with E-state index in [0.717, 1.165) is 19.3 Å². The minimum atomic E-state index is -1.36. The molecule has 1 saturated heterocycles. The van der Waals surface area contributed by atoms with Crippen molar-refractivity contribution in [3.63, 3.8) is 0 Å². The van der Waals surface area contributed by atoms with Crippen LogP contribution in [0.4, 0.5) is 0 Å². The van der Waals surface area contributed by atoms with E-state index in [9.17, 15) is 9.90 Å². The van der Waals surface area contributed by atoms with Gasteiger partial charge in [-0.05, 0) is 31.2 Å². The van der Waals surface area contributed by atoms with Crippen LogP contribution in [0.3, 0.4) is 0 Å². The Morgan fingerprint density at radius 2 is 2.15 bits per heavy atom. The summed E-state index contributed by atoms with van der Waals surface area (Å²) in [6.07, 6.45) is 3.09. The van der Waals surface area contributed by atoms with Gasteiger partial charge in [0.25, 0.3) is 5.91 Å². The molecule has 140 valence electrons. The number of piperidine rings is 1. The molecular formula is C19H26N4O3. The fraction of sp³-hybridized carbons (Fsp3) is 0.526. The summed E-state index contributed by atoms with van der Waals surface area (Å²) < 4.78 is 4.91. The lowest BCUT2D eigenvalue weighted by Gasteiger charge is -2.38. The van der Waals surface area contributed by atoms with Crippen molar-refractivity contribution >= 4 is 5.91 Å². The number of aryl methyl sites for hydroxylation is 2. The molecule has 1 amide bonds. The van der Waals surface area contributed by atoms with Crippen LogP contribution >= 0.6 is 0 Å². The molecule has 1 atom stereocenters. The van der Waals surface area contributed by atoms with Gasteiger partial charge in [0.15, 0.2) is 11.4 Å². The first-order valence-electron chi connectivity index (χ1n) is 9.12. The van der Waals surface area contributed by atoms with E-state index in [2.05, 4.69) is 27.6 Å². The Hall–Kier alpha value is -2.25. The molecule has 2 N–H and O–H groups in total. The van der Waals surface area contributed by atoms with Gasteiger partial charge in [-0.2, -0.15) is 4.98 Å². The first kappa shape index (κ1) is 18.5. The lowest BCUT2D eigenvalue weighted by molar-refractivity contribution is -0.156. The summed E-state index contributed by atoms with van der Waals surface area (Å²) in [6.45, 7) is 3.65.